The average Bonchev–Trinajstić information content (AvgIpc) is 2.89. The third-order valence-corrected chi connectivity index (χ3v) is 3.77. The van der Waals surface area contributed by atoms with Crippen molar-refractivity contribution in [3.63, 3.8) is 0 Å². The molecule has 0 bridgehead atoms. The SMILES string of the molecule is O=C(N=Nc1c(O)[nH]c2ccc(Br)cc12)C(=O)Nc1ccc(O)cc1. The Labute approximate surface area is 149 Å². The highest BCUT2D eigenvalue weighted by Gasteiger charge is 2.15. The molecule has 0 radical (unpaired) electrons. The molecule has 0 spiro atoms. The van der Waals surface area contributed by atoms with E-state index in [0.29, 0.717) is 16.6 Å². The fourth-order valence-corrected chi connectivity index (χ4v) is 2.47. The van der Waals surface area contributed by atoms with Crippen LogP contribution in [0.3, 0.4) is 0 Å². The Bertz CT molecular complexity index is 995. The van der Waals surface area contributed by atoms with Gasteiger partial charge in [0.15, 0.2) is 5.69 Å². The maximum Gasteiger partial charge on any atom is 0.353 e. The van der Waals surface area contributed by atoms with Crippen LogP contribution >= 0.6 is 15.9 Å². The van der Waals surface area contributed by atoms with Crippen LogP contribution in [0, 0.1) is 0 Å². The van der Waals surface area contributed by atoms with E-state index in [0.717, 1.165) is 4.47 Å². The summed E-state index contributed by atoms with van der Waals surface area (Å²) in [7, 11) is 0. The molecular formula is C16H11BrN4O4. The molecule has 0 aliphatic heterocycles. The lowest BCUT2D eigenvalue weighted by atomic mass is 10.2. The Hall–Kier alpha value is -3.20. The summed E-state index contributed by atoms with van der Waals surface area (Å²) >= 11 is 3.30. The summed E-state index contributed by atoms with van der Waals surface area (Å²) in [6.07, 6.45) is 0. The first-order valence-electron chi connectivity index (χ1n) is 7.00. The minimum absolute atomic E-state index is 0.0324. The summed E-state index contributed by atoms with van der Waals surface area (Å²) in [4.78, 5) is 26.3. The predicted molar refractivity (Wildman–Crippen MR) is 93.9 cm³/mol. The lowest BCUT2D eigenvalue weighted by Crippen LogP contribution is -2.20. The highest BCUT2D eigenvalue weighted by Crippen LogP contribution is 2.36. The monoisotopic (exact) mass is 402 g/mol. The second kappa shape index (κ2) is 6.73. The summed E-state index contributed by atoms with van der Waals surface area (Å²) in [5, 5.41) is 29.0. The number of benzene rings is 2. The molecule has 0 saturated carbocycles. The first-order valence-corrected chi connectivity index (χ1v) is 7.79. The summed E-state index contributed by atoms with van der Waals surface area (Å²) in [6.45, 7) is 0. The number of phenolic OH excluding ortho intramolecular Hbond substituents is 1. The lowest BCUT2D eigenvalue weighted by molar-refractivity contribution is -0.134. The van der Waals surface area contributed by atoms with E-state index < -0.39 is 11.8 Å². The number of hydrogen-bond donors (Lipinski definition) is 4. The quantitative estimate of drug-likeness (QED) is 0.296. The van der Waals surface area contributed by atoms with E-state index in [4.69, 9.17) is 0 Å². The van der Waals surface area contributed by atoms with Crippen molar-refractivity contribution in [1.82, 2.24) is 4.98 Å². The van der Waals surface area contributed by atoms with Crippen LogP contribution in [-0.2, 0) is 9.59 Å². The van der Waals surface area contributed by atoms with Crippen LogP contribution in [0.4, 0.5) is 11.4 Å². The van der Waals surface area contributed by atoms with Crippen molar-refractivity contribution >= 4 is 50.0 Å². The number of nitrogens with zero attached hydrogens (tertiary/aromatic N) is 2. The second-order valence-electron chi connectivity index (χ2n) is 5.02. The van der Waals surface area contributed by atoms with E-state index >= 15 is 0 Å². The van der Waals surface area contributed by atoms with Crippen LogP contribution in [0.2, 0.25) is 0 Å². The molecule has 25 heavy (non-hydrogen) atoms. The topological polar surface area (TPSA) is 127 Å². The number of carbonyl (C=O) groups is 2. The van der Waals surface area contributed by atoms with Crippen LogP contribution in [0.25, 0.3) is 10.9 Å². The van der Waals surface area contributed by atoms with Gasteiger partial charge in [0.2, 0.25) is 5.88 Å². The van der Waals surface area contributed by atoms with E-state index in [1.807, 2.05) is 0 Å². The summed E-state index contributed by atoms with van der Waals surface area (Å²) in [6, 6.07) is 10.8. The molecule has 9 heteroatoms. The number of nitrogens with one attached hydrogen (secondary N) is 2. The molecule has 2 aromatic carbocycles. The molecule has 0 unspecified atom stereocenters. The van der Waals surface area contributed by atoms with Crippen LogP contribution < -0.4 is 5.32 Å². The Balaban J connectivity index is 1.78. The predicted octanol–water partition coefficient (Wildman–Crippen LogP) is 3.59. The third-order valence-electron chi connectivity index (χ3n) is 3.27. The molecule has 8 nitrogen and oxygen atoms in total. The zero-order valence-corrected chi connectivity index (χ0v) is 14.1. The van der Waals surface area contributed by atoms with Crippen molar-refractivity contribution in [2.75, 3.05) is 5.32 Å². The van der Waals surface area contributed by atoms with E-state index in [2.05, 4.69) is 36.5 Å². The molecule has 3 rings (SSSR count). The van der Waals surface area contributed by atoms with Gasteiger partial charge in [0, 0.05) is 15.5 Å². The normalized spacial score (nSPS) is 11.1. The first kappa shape index (κ1) is 16.7. The molecule has 1 heterocycles. The average molecular weight is 403 g/mol. The van der Waals surface area contributed by atoms with Gasteiger partial charge in [0.25, 0.3) is 0 Å². The number of azo groups is 1. The summed E-state index contributed by atoms with van der Waals surface area (Å²) in [5.41, 5.74) is 0.989. The molecule has 126 valence electrons. The van der Waals surface area contributed by atoms with Crippen LogP contribution in [0.5, 0.6) is 11.6 Å². The third kappa shape index (κ3) is 3.66. The van der Waals surface area contributed by atoms with Crippen molar-refractivity contribution in [3.8, 4) is 11.6 Å². The van der Waals surface area contributed by atoms with Gasteiger partial charge in [-0.2, -0.15) is 0 Å². The van der Waals surface area contributed by atoms with Crippen LogP contribution in [-0.4, -0.2) is 27.0 Å². The van der Waals surface area contributed by atoms with Gasteiger partial charge in [-0.25, -0.2) is 0 Å². The lowest BCUT2D eigenvalue weighted by Gasteiger charge is -2.01. The van der Waals surface area contributed by atoms with Crippen molar-refractivity contribution in [2.45, 2.75) is 0 Å². The maximum atomic E-state index is 11.8. The number of rotatable bonds is 2. The molecule has 0 aliphatic carbocycles. The van der Waals surface area contributed by atoms with E-state index in [-0.39, 0.29) is 17.3 Å². The maximum absolute atomic E-state index is 11.8. The summed E-state index contributed by atoms with van der Waals surface area (Å²) < 4.78 is 0.756. The number of hydrogen-bond acceptors (Lipinski definition) is 5. The van der Waals surface area contributed by atoms with Gasteiger partial charge in [-0.15, -0.1) is 10.2 Å². The fourth-order valence-electron chi connectivity index (χ4n) is 2.11. The molecule has 0 fully saturated rings. The van der Waals surface area contributed by atoms with Crippen molar-refractivity contribution < 1.29 is 19.8 Å². The number of amides is 2. The Morgan fingerprint density at radius 3 is 2.52 bits per heavy atom. The molecule has 4 N–H and O–H groups in total. The highest BCUT2D eigenvalue weighted by atomic mass is 79.9. The number of aromatic hydroxyl groups is 2. The number of halogens is 1. The van der Waals surface area contributed by atoms with Gasteiger partial charge < -0.3 is 20.5 Å². The van der Waals surface area contributed by atoms with Gasteiger partial charge >= 0.3 is 11.8 Å². The minimum atomic E-state index is -1.13. The van der Waals surface area contributed by atoms with E-state index in [1.54, 1.807) is 18.2 Å². The largest absolute Gasteiger partial charge is 0.508 e. The number of phenols is 1. The molecule has 3 aromatic rings. The molecule has 0 aliphatic rings. The van der Waals surface area contributed by atoms with Gasteiger partial charge in [-0.05, 0) is 42.5 Å². The Morgan fingerprint density at radius 2 is 1.80 bits per heavy atom. The van der Waals surface area contributed by atoms with Crippen molar-refractivity contribution in [3.05, 3.63) is 46.9 Å². The highest BCUT2D eigenvalue weighted by molar-refractivity contribution is 9.10. The van der Waals surface area contributed by atoms with Crippen molar-refractivity contribution in [1.29, 1.82) is 0 Å². The van der Waals surface area contributed by atoms with Crippen LogP contribution in [0.1, 0.15) is 0 Å². The standard InChI is InChI=1S/C16H11BrN4O4/c17-8-1-6-12-11(7-8)13(14(23)19-12)20-21-16(25)15(24)18-9-2-4-10(22)5-3-9/h1-7,19,22-23H,(H,18,24). The number of fused-ring (bicyclic) bond motifs is 1. The fraction of sp³-hybridized carbons (Fsp3) is 0. The number of aromatic amines is 1. The minimum Gasteiger partial charge on any atom is -0.508 e. The zero-order valence-electron chi connectivity index (χ0n) is 12.5. The molecular weight excluding hydrogens is 392 g/mol. The van der Waals surface area contributed by atoms with Gasteiger partial charge in [0.05, 0.1) is 5.52 Å². The number of H-pyrrole nitrogens is 1. The number of anilines is 1. The molecule has 0 saturated heterocycles. The Kier molecular flexibility index (Phi) is 4.48. The number of carbonyl (C=O) groups excluding carboxylic acids is 2. The van der Waals surface area contributed by atoms with Gasteiger partial charge in [0.1, 0.15) is 5.75 Å². The zero-order chi connectivity index (χ0) is 18.0. The molecule has 2 amide bonds. The van der Waals surface area contributed by atoms with Gasteiger partial charge in [-0.1, -0.05) is 15.9 Å². The first-order chi connectivity index (χ1) is 11.9. The second-order valence-corrected chi connectivity index (χ2v) is 5.93. The number of aromatic nitrogens is 1. The molecule has 1 aromatic heterocycles. The smallest absolute Gasteiger partial charge is 0.353 e. The van der Waals surface area contributed by atoms with Gasteiger partial charge in [-0.3, -0.25) is 9.59 Å². The van der Waals surface area contributed by atoms with Crippen LogP contribution in [0.15, 0.2) is 57.2 Å². The molecule has 0 atom stereocenters. The van der Waals surface area contributed by atoms with E-state index in [1.165, 1.54) is 24.3 Å². The van der Waals surface area contributed by atoms with E-state index in [9.17, 15) is 19.8 Å². The van der Waals surface area contributed by atoms with Crippen molar-refractivity contribution in [2.24, 2.45) is 10.2 Å². The summed E-state index contributed by atoms with van der Waals surface area (Å²) in [5.74, 6) is -2.35. The Morgan fingerprint density at radius 1 is 1.08 bits per heavy atom.